The van der Waals surface area contributed by atoms with E-state index in [-0.39, 0.29) is 21.4 Å². The van der Waals surface area contributed by atoms with Gasteiger partial charge < -0.3 is 10.2 Å². The highest BCUT2D eigenvalue weighted by Gasteiger charge is 2.25. The number of amides is 1. The van der Waals surface area contributed by atoms with Gasteiger partial charge in [0.1, 0.15) is 4.90 Å². The molecule has 1 amide bonds. The van der Waals surface area contributed by atoms with E-state index in [0.29, 0.717) is 19.6 Å². The Bertz CT molecular complexity index is 672. The van der Waals surface area contributed by atoms with Gasteiger partial charge in [0.15, 0.2) is 0 Å². The minimum Gasteiger partial charge on any atom is -0.351 e. The molecular weight excluding hydrogens is 362 g/mol. The molecule has 6 nitrogen and oxygen atoms in total. The van der Waals surface area contributed by atoms with Crippen molar-refractivity contribution in [1.29, 1.82) is 0 Å². The lowest BCUT2D eigenvalue weighted by Gasteiger charge is -2.20. The van der Waals surface area contributed by atoms with Crippen LogP contribution in [0.4, 0.5) is 0 Å². The minimum atomic E-state index is -3.72. The molecule has 0 atom stereocenters. The first kappa shape index (κ1) is 21.9. The molecule has 0 saturated heterocycles. The Morgan fingerprint density at radius 3 is 2.20 bits per heavy atom. The molecule has 0 unspecified atom stereocenters. The molecule has 0 radical (unpaired) electrons. The van der Waals surface area contributed by atoms with E-state index in [9.17, 15) is 13.2 Å². The number of nitrogens with zero attached hydrogens (tertiary/aromatic N) is 2. The van der Waals surface area contributed by atoms with Crippen molar-refractivity contribution in [3.63, 3.8) is 0 Å². The molecule has 0 aromatic heterocycles. The Morgan fingerprint density at radius 1 is 1.08 bits per heavy atom. The van der Waals surface area contributed by atoms with Gasteiger partial charge in [-0.05, 0) is 31.3 Å². The van der Waals surface area contributed by atoms with E-state index in [1.165, 1.54) is 22.5 Å². The highest BCUT2D eigenvalue weighted by Crippen LogP contribution is 2.25. The molecule has 0 spiro atoms. The van der Waals surface area contributed by atoms with Crippen LogP contribution >= 0.6 is 11.6 Å². The van der Waals surface area contributed by atoms with Crippen molar-refractivity contribution in [1.82, 2.24) is 14.5 Å². The monoisotopic (exact) mass is 389 g/mol. The number of carbonyl (C=O) groups excluding carboxylic acids is 1. The van der Waals surface area contributed by atoms with Crippen molar-refractivity contribution < 1.29 is 13.2 Å². The summed E-state index contributed by atoms with van der Waals surface area (Å²) < 4.78 is 26.7. The van der Waals surface area contributed by atoms with Crippen LogP contribution in [0.5, 0.6) is 0 Å². The van der Waals surface area contributed by atoms with Crippen LogP contribution in [0.15, 0.2) is 23.1 Å². The molecule has 1 aromatic carbocycles. The van der Waals surface area contributed by atoms with Gasteiger partial charge in [0, 0.05) is 31.7 Å². The molecule has 1 N–H and O–H groups in total. The summed E-state index contributed by atoms with van der Waals surface area (Å²) in [7, 11) is -3.72. The first-order chi connectivity index (χ1) is 11.8. The molecule has 142 valence electrons. The third kappa shape index (κ3) is 5.67. The molecule has 0 aliphatic rings. The van der Waals surface area contributed by atoms with Crippen molar-refractivity contribution in [2.45, 2.75) is 32.6 Å². The fourth-order valence-corrected chi connectivity index (χ4v) is 4.47. The van der Waals surface area contributed by atoms with Crippen LogP contribution in [0.3, 0.4) is 0 Å². The van der Waals surface area contributed by atoms with Gasteiger partial charge in [0.05, 0.1) is 5.02 Å². The van der Waals surface area contributed by atoms with Gasteiger partial charge in [-0.3, -0.25) is 4.79 Å². The number of benzene rings is 1. The zero-order chi connectivity index (χ0) is 19.0. The van der Waals surface area contributed by atoms with Gasteiger partial charge in [0.2, 0.25) is 10.0 Å². The number of hydrogen-bond donors (Lipinski definition) is 1. The Labute approximate surface area is 156 Å². The molecule has 0 saturated carbocycles. The first-order valence-corrected chi connectivity index (χ1v) is 10.4. The summed E-state index contributed by atoms with van der Waals surface area (Å²) >= 11 is 6.08. The number of nitrogens with one attached hydrogen (secondary N) is 1. The van der Waals surface area contributed by atoms with Crippen LogP contribution in [-0.2, 0) is 10.0 Å². The van der Waals surface area contributed by atoms with Crippen molar-refractivity contribution in [3.8, 4) is 0 Å². The molecule has 0 aliphatic carbocycles. The Kier molecular flexibility index (Phi) is 8.85. The number of carbonyl (C=O) groups is 1. The van der Waals surface area contributed by atoms with E-state index in [1.807, 2.05) is 0 Å². The fraction of sp³-hybridized carbons (Fsp3) is 0.588. The van der Waals surface area contributed by atoms with Crippen molar-refractivity contribution in [2.75, 3.05) is 39.3 Å². The molecule has 8 heteroatoms. The minimum absolute atomic E-state index is 0.0331. The molecule has 0 bridgehead atoms. The van der Waals surface area contributed by atoms with Crippen LogP contribution in [0.1, 0.15) is 38.1 Å². The average Bonchev–Trinajstić information content (AvgIpc) is 2.59. The molecule has 0 aliphatic heterocycles. The number of hydrogen-bond acceptors (Lipinski definition) is 4. The van der Waals surface area contributed by atoms with Gasteiger partial charge in [0.25, 0.3) is 5.91 Å². The Hall–Kier alpha value is -1.15. The third-order valence-corrected chi connectivity index (χ3v) is 6.66. The standard InChI is InChI=1S/C17H28ClN3O3S/c1-5-20(6-2)12-11-19-17(22)14-9-10-15(18)16(13-14)25(23,24)21(7-3)8-4/h9-10,13H,5-8,11-12H2,1-4H3,(H,19,22). The molecule has 1 rings (SSSR count). The third-order valence-electron chi connectivity index (χ3n) is 4.12. The van der Waals surface area contributed by atoms with Gasteiger partial charge in [-0.15, -0.1) is 0 Å². The second kappa shape index (κ2) is 10.1. The van der Waals surface area contributed by atoms with Gasteiger partial charge in [-0.2, -0.15) is 4.31 Å². The maximum Gasteiger partial charge on any atom is 0.251 e. The van der Waals surface area contributed by atoms with Crippen LogP contribution in [0, 0.1) is 0 Å². The van der Waals surface area contributed by atoms with Crippen LogP contribution in [-0.4, -0.2) is 62.8 Å². The average molecular weight is 390 g/mol. The number of likely N-dealkylation sites (N-methyl/N-ethyl adjacent to an activating group) is 1. The van der Waals surface area contributed by atoms with Crippen molar-refractivity contribution in [3.05, 3.63) is 28.8 Å². The van der Waals surface area contributed by atoms with Crippen LogP contribution < -0.4 is 5.32 Å². The highest BCUT2D eigenvalue weighted by molar-refractivity contribution is 7.89. The summed E-state index contributed by atoms with van der Waals surface area (Å²) in [6.45, 7) is 11.4. The van der Waals surface area contributed by atoms with Crippen LogP contribution in [0.25, 0.3) is 0 Å². The molecule has 0 fully saturated rings. The molecule has 25 heavy (non-hydrogen) atoms. The molecule has 1 aromatic rings. The summed E-state index contributed by atoms with van der Waals surface area (Å²) in [5.74, 6) is -0.306. The van der Waals surface area contributed by atoms with Crippen molar-refractivity contribution >= 4 is 27.5 Å². The largest absolute Gasteiger partial charge is 0.351 e. The maximum absolute atomic E-state index is 12.7. The fourth-order valence-electron chi connectivity index (χ4n) is 2.51. The lowest BCUT2D eigenvalue weighted by molar-refractivity contribution is 0.0948. The van der Waals surface area contributed by atoms with E-state index in [1.54, 1.807) is 13.8 Å². The van der Waals surface area contributed by atoms with Gasteiger partial charge in [-0.25, -0.2) is 8.42 Å². The van der Waals surface area contributed by atoms with E-state index in [0.717, 1.165) is 19.6 Å². The zero-order valence-corrected chi connectivity index (χ0v) is 17.0. The molecular formula is C17H28ClN3O3S. The smallest absolute Gasteiger partial charge is 0.251 e. The second-order valence-corrected chi connectivity index (χ2v) is 7.83. The lowest BCUT2D eigenvalue weighted by atomic mass is 10.2. The second-order valence-electron chi connectivity index (χ2n) is 5.52. The van der Waals surface area contributed by atoms with Crippen molar-refractivity contribution in [2.24, 2.45) is 0 Å². The summed E-state index contributed by atoms with van der Waals surface area (Å²) in [5.41, 5.74) is 0.287. The summed E-state index contributed by atoms with van der Waals surface area (Å²) in [4.78, 5) is 14.5. The Morgan fingerprint density at radius 2 is 1.68 bits per heavy atom. The van der Waals surface area contributed by atoms with Gasteiger partial charge >= 0.3 is 0 Å². The predicted octanol–water partition coefficient (Wildman–Crippen LogP) is 2.44. The zero-order valence-electron chi connectivity index (χ0n) is 15.4. The van der Waals surface area contributed by atoms with Crippen LogP contribution in [0.2, 0.25) is 5.02 Å². The summed E-state index contributed by atoms with van der Waals surface area (Å²) in [5, 5.41) is 2.94. The Balaban J connectivity index is 2.95. The predicted molar refractivity (Wildman–Crippen MR) is 102 cm³/mol. The van der Waals surface area contributed by atoms with E-state index in [4.69, 9.17) is 11.6 Å². The summed E-state index contributed by atoms with van der Waals surface area (Å²) in [6, 6.07) is 4.34. The van der Waals surface area contributed by atoms with E-state index < -0.39 is 10.0 Å². The SMILES string of the molecule is CCN(CC)CCNC(=O)c1ccc(Cl)c(S(=O)(=O)N(CC)CC)c1. The molecule has 0 heterocycles. The number of halogens is 1. The highest BCUT2D eigenvalue weighted by atomic mass is 35.5. The number of sulfonamides is 1. The topological polar surface area (TPSA) is 69.7 Å². The first-order valence-electron chi connectivity index (χ1n) is 8.61. The number of rotatable bonds is 10. The lowest BCUT2D eigenvalue weighted by Crippen LogP contribution is -2.35. The normalized spacial score (nSPS) is 12.0. The van der Waals surface area contributed by atoms with E-state index in [2.05, 4.69) is 24.1 Å². The summed E-state index contributed by atoms with van der Waals surface area (Å²) in [6.07, 6.45) is 0. The van der Waals surface area contributed by atoms with E-state index >= 15 is 0 Å². The van der Waals surface area contributed by atoms with Gasteiger partial charge in [-0.1, -0.05) is 39.3 Å². The quantitative estimate of drug-likeness (QED) is 0.667. The maximum atomic E-state index is 12.7.